The van der Waals surface area contributed by atoms with Gasteiger partial charge in [0.2, 0.25) is 0 Å². The predicted molar refractivity (Wildman–Crippen MR) is 135 cm³/mol. The summed E-state index contributed by atoms with van der Waals surface area (Å²) < 4.78 is 5.88. The second-order valence-corrected chi connectivity index (χ2v) is 9.08. The van der Waals surface area contributed by atoms with Crippen LogP contribution in [0.2, 0.25) is 0 Å². The van der Waals surface area contributed by atoms with E-state index in [4.69, 9.17) is 4.74 Å². The average molecular weight is 465 g/mol. The van der Waals surface area contributed by atoms with Gasteiger partial charge in [-0.25, -0.2) is 0 Å². The summed E-state index contributed by atoms with van der Waals surface area (Å²) in [6.45, 7) is 14.6. The molecule has 1 N–H and O–H groups in total. The molecule has 0 spiro atoms. The van der Waals surface area contributed by atoms with Gasteiger partial charge in [0, 0.05) is 18.7 Å². The lowest BCUT2D eigenvalue weighted by Crippen LogP contribution is -2.38. The van der Waals surface area contributed by atoms with E-state index in [1.54, 1.807) is 4.90 Å². The number of benzene rings is 2. The molecule has 1 aliphatic heterocycles. The van der Waals surface area contributed by atoms with E-state index in [0.29, 0.717) is 24.4 Å². The first-order chi connectivity index (χ1) is 16.2. The van der Waals surface area contributed by atoms with Gasteiger partial charge in [-0.05, 0) is 70.1 Å². The van der Waals surface area contributed by atoms with Crippen molar-refractivity contribution in [2.45, 2.75) is 53.7 Å². The monoisotopic (exact) mass is 464 g/mol. The highest BCUT2D eigenvalue weighted by Crippen LogP contribution is 2.40. The molecule has 1 heterocycles. The van der Waals surface area contributed by atoms with Crippen molar-refractivity contribution in [3.63, 3.8) is 0 Å². The summed E-state index contributed by atoms with van der Waals surface area (Å²) in [7, 11) is 0. The Labute approximate surface area is 202 Å². The Hall–Kier alpha value is -3.12. The number of ether oxygens (including phenoxy) is 1. The molecule has 2 aromatic carbocycles. The lowest BCUT2D eigenvalue weighted by molar-refractivity contribution is -0.140. The number of likely N-dealkylation sites (tertiary alicyclic amines) is 1. The second kappa shape index (κ2) is 10.9. The molecule has 1 fully saturated rings. The van der Waals surface area contributed by atoms with Crippen molar-refractivity contribution in [3.8, 4) is 5.75 Å². The lowest BCUT2D eigenvalue weighted by atomic mass is 9.93. The van der Waals surface area contributed by atoms with E-state index in [1.165, 1.54) is 0 Å². The summed E-state index contributed by atoms with van der Waals surface area (Å²) in [6.07, 6.45) is -0.0146. The number of likely N-dealkylation sites (N-methyl/N-ethyl adjacent to an activating group) is 1. The summed E-state index contributed by atoms with van der Waals surface area (Å²) in [4.78, 5) is 30.3. The molecule has 0 aliphatic carbocycles. The summed E-state index contributed by atoms with van der Waals surface area (Å²) >= 11 is 0. The third-order valence-corrected chi connectivity index (χ3v) is 6.29. The first-order valence-corrected chi connectivity index (χ1v) is 12.0. The Kier molecular flexibility index (Phi) is 8.15. The number of Topliss-reactive ketones (excluding diaryl/α,β-unsaturated/α-hetero) is 1. The Balaban J connectivity index is 2.16. The maximum atomic E-state index is 13.3. The zero-order valence-electron chi connectivity index (χ0n) is 21.1. The van der Waals surface area contributed by atoms with Gasteiger partial charge in [0.05, 0.1) is 17.7 Å². The molecule has 0 aromatic heterocycles. The highest BCUT2D eigenvalue weighted by atomic mass is 16.5. The van der Waals surface area contributed by atoms with Crippen LogP contribution in [0.15, 0.2) is 48.0 Å². The van der Waals surface area contributed by atoms with E-state index >= 15 is 0 Å². The predicted octanol–water partition coefficient (Wildman–Crippen LogP) is 4.85. The number of rotatable bonds is 9. The largest absolute Gasteiger partial charge is 0.507 e. The highest BCUT2D eigenvalue weighted by molar-refractivity contribution is 6.46. The minimum Gasteiger partial charge on any atom is -0.507 e. The van der Waals surface area contributed by atoms with Crippen LogP contribution >= 0.6 is 0 Å². The number of carbonyl (C=O) groups excluding carboxylic acids is 2. The number of carbonyl (C=O) groups is 2. The Bertz CT molecular complexity index is 1090. The van der Waals surface area contributed by atoms with Crippen molar-refractivity contribution in [1.29, 1.82) is 0 Å². The van der Waals surface area contributed by atoms with Crippen LogP contribution < -0.4 is 4.74 Å². The molecule has 6 heteroatoms. The molecule has 1 amide bonds. The van der Waals surface area contributed by atoms with Crippen LogP contribution in [-0.2, 0) is 9.59 Å². The van der Waals surface area contributed by atoms with Gasteiger partial charge in [-0.1, -0.05) is 43.7 Å². The van der Waals surface area contributed by atoms with Crippen LogP contribution in [0.3, 0.4) is 0 Å². The van der Waals surface area contributed by atoms with Gasteiger partial charge in [-0.2, -0.15) is 0 Å². The highest BCUT2D eigenvalue weighted by Gasteiger charge is 2.46. The smallest absolute Gasteiger partial charge is 0.295 e. The van der Waals surface area contributed by atoms with E-state index in [-0.39, 0.29) is 17.4 Å². The lowest BCUT2D eigenvalue weighted by Gasteiger charge is -2.28. The molecular formula is C28H36N2O4. The molecule has 1 atom stereocenters. The standard InChI is InChI=1S/C28H36N2O4/c1-7-29(8-2)14-15-30-25(21-10-9-11-22(17-21)34-18(3)4)24(27(32)28(30)33)26(31)23-16-19(5)12-13-20(23)6/h9-13,16-18,25,31H,7-8,14-15H2,1-6H3/b26-24+. The third kappa shape index (κ3) is 5.33. The molecule has 1 unspecified atom stereocenters. The van der Waals surface area contributed by atoms with E-state index in [2.05, 4.69) is 18.7 Å². The first kappa shape index (κ1) is 25.5. The fraction of sp³-hybridized carbons (Fsp3) is 0.429. The van der Waals surface area contributed by atoms with Gasteiger partial charge in [0.15, 0.2) is 0 Å². The molecule has 6 nitrogen and oxygen atoms in total. The van der Waals surface area contributed by atoms with Gasteiger partial charge >= 0.3 is 0 Å². The Morgan fingerprint density at radius 2 is 1.79 bits per heavy atom. The van der Waals surface area contributed by atoms with Crippen molar-refractivity contribution in [2.24, 2.45) is 0 Å². The van der Waals surface area contributed by atoms with Crippen molar-refractivity contribution < 1.29 is 19.4 Å². The molecule has 1 saturated heterocycles. The minimum atomic E-state index is -0.689. The topological polar surface area (TPSA) is 70.1 Å². The average Bonchev–Trinajstić information content (AvgIpc) is 3.05. The van der Waals surface area contributed by atoms with Gasteiger partial charge in [0.25, 0.3) is 11.7 Å². The quantitative estimate of drug-likeness (QED) is 0.326. The van der Waals surface area contributed by atoms with Gasteiger partial charge in [-0.15, -0.1) is 0 Å². The fourth-order valence-corrected chi connectivity index (χ4v) is 4.41. The van der Waals surface area contributed by atoms with Crippen LogP contribution in [0.4, 0.5) is 0 Å². The fourth-order valence-electron chi connectivity index (χ4n) is 4.41. The summed E-state index contributed by atoms with van der Waals surface area (Å²) in [5.74, 6) is -0.712. The first-order valence-electron chi connectivity index (χ1n) is 12.0. The van der Waals surface area contributed by atoms with Crippen LogP contribution in [0, 0.1) is 13.8 Å². The van der Waals surface area contributed by atoms with E-state index in [1.807, 2.05) is 70.2 Å². The minimum absolute atomic E-state index is 0.0146. The Morgan fingerprint density at radius 1 is 1.09 bits per heavy atom. The molecule has 0 saturated carbocycles. The number of amides is 1. The second-order valence-electron chi connectivity index (χ2n) is 9.08. The van der Waals surface area contributed by atoms with E-state index in [9.17, 15) is 14.7 Å². The number of aliphatic hydroxyl groups excluding tert-OH is 1. The molecule has 34 heavy (non-hydrogen) atoms. The van der Waals surface area contributed by atoms with Crippen molar-refractivity contribution in [2.75, 3.05) is 26.2 Å². The SMILES string of the molecule is CCN(CC)CCN1C(=O)C(=O)/C(=C(/O)c2cc(C)ccc2C)C1c1cccc(OC(C)C)c1. The molecule has 182 valence electrons. The van der Waals surface area contributed by atoms with Crippen LogP contribution in [-0.4, -0.2) is 58.9 Å². The summed E-state index contributed by atoms with van der Waals surface area (Å²) in [6, 6.07) is 12.5. The number of hydrogen-bond donors (Lipinski definition) is 1. The van der Waals surface area contributed by atoms with Crippen molar-refractivity contribution in [3.05, 3.63) is 70.3 Å². The number of ketones is 1. The maximum absolute atomic E-state index is 13.3. The maximum Gasteiger partial charge on any atom is 0.295 e. The molecule has 2 aromatic rings. The number of aliphatic hydroxyl groups is 1. The van der Waals surface area contributed by atoms with E-state index in [0.717, 1.165) is 29.8 Å². The zero-order valence-corrected chi connectivity index (χ0v) is 21.1. The number of hydrogen-bond acceptors (Lipinski definition) is 5. The molecule has 1 aliphatic rings. The van der Waals surface area contributed by atoms with Gasteiger partial charge in [-0.3, -0.25) is 9.59 Å². The number of nitrogens with zero attached hydrogens (tertiary/aromatic N) is 2. The van der Waals surface area contributed by atoms with E-state index < -0.39 is 17.7 Å². The van der Waals surface area contributed by atoms with Crippen molar-refractivity contribution >= 4 is 17.4 Å². The number of aryl methyl sites for hydroxylation is 2. The van der Waals surface area contributed by atoms with Gasteiger partial charge < -0.3 is 19.6 Å². The Morgan fingerprint density at radius 3 is 2.44 bits per heavy atom. The molecule has 0 radical (unpaired) electrons. The third-order valence-electron chi connectivity index (χ3n) is 6.29. The van der Waals surface area contributed by atoms with Crippen LogP contribution in [0.25, 0.3) is 5.76 Å². The zero-order chi connectivity index (χ0) is 25.0. The summed E-state index contributed by atoms with van der Waals surface area (Å²) in [5, 5.41) is 11.4. The molecule has 0 bridgehead atoms. The normalized spacial score (nSPS) is 17.8. The molecular weight excluding hydrogens is 428 g/mol. The van der Waals surface area contributed by atoms with Gasteiger partial charge in [0.1, 0.15) is 11.5 Å². The van der Waals surface area contributed by atoms with Crippen LogP contribution in [0.1, 0.15) is 56.0 Å². The molecule has 3 rings (SSSR count). The van der Waals surface area contributed by atoms with Crippen LogP contribution in [0.5, 0.6) is 5.75 Å². The summed E-state index contributed by atoms with van der Waals surface area (Å²) in [5.41, 5.74) is 3.24. The van der Waals surface area contributed by atoms with Crippen molar-refractivity contribution in [1.82, 2.24) is 9.80 Å².